The number of phenolic OH excluding ortho intramolecular Hbond substituents is 1. The Labute approximate surface area is 107 Å². The van der Waals surface area contributed by atoms with E-state index in [1.807, 2.05) is 13.0 Å². The van der Waals surface area contributed by atoms with Crippen LogP contribution in [0.2, 0.25) is 0 Å². The van der Waals surface area contributed by atoms with E-state index in [4.69, 9.17) is 5.73 Å². The topological polar surface area (TPSA) is 66.6 Å². The third-order valence-corrected chi connectivity index (χ3v) is 3.79. The third-order valence-electron chi connectivity index (χ3n) is 3.79. The molecule has 4 nitrogen and oxygen atoms in total. The van der Waals surface area contributed by atoms with E-state index in [1.165, 1.54) is 0 Å². The van der Waals surface area contributed by atoms with Crippen LogP contribution in [0.25, 0.3) is 0 Å². The summed E-state index contributed by atoms with van der Waals surface area (Å²) in [6.45, 7) is 7.10. The van der Waals surface area contributed by atoms with Crippen molar-refractivity contribution >= 4 is 5.91 Å². The monoisotopic (exact) mass is 248 g/mol. The maximum absolute atomic E-state index is 12.2. The smallest absolute Gasteiger partial charge is 0.257 e. The van der Waals surface area contributed by atoms with E-state index in [1.54, 1.807) is 17.0 Å². The predicted molar refractivity (Wildman–Crippen MR) is 70.5 cm³/mol. The van der Waals surface area contributed by atoms with Gasteiger partial charge in [-0.2, -0.15) is 0 Å². The van der Waals surface area contributed by atoms with Gasteiger partial charge < -0.3 is 15.7 Å². The summed E-state index contributed by atoms with van der Waals surface area (Å²) in [7, 11) is 0. The van der Waals surface area contributed by atoms with Gasteiger partial charge in [0.15, 0.2) is 0 Å². The van der Waals surface area contributed by atoms with Gasteiger partial charge in [0.05, 0.1) is 11.1 Å². The molecule has 0 radical (unpaired) electrons. The molecule has 1 aliphatic heterocycles. The second-order valence-corrected chi connectivity index (χ2v) is 5.57. The van der Waals surface area contributed by atoms with Gasteiger partial charge in [0.2, 0.25) is 0 Å². The van der Waals surface area contributed by atoms with E-state index in [0.717, 1.165) is 5.56 Å². The quantitative estimate of drug-likeness (QED) is 0.833. The van der Waals surface area contributed by atoms with Crippen LogP contribution < -0.4 is 5.73 Å². The lowest BCUT2D eigenvalue weighted by atomic mass is 9.80. The van der Waals surface area contributed by atoms with E-state index in [2.05, 4.69) is 13.8 Å². The number of hydrogen-bond donors (Lipinski definition) is 2. The van der Waals surface area contributed by atoms with Gasteiger partial charge in [0.1, 0.15) is 5.75 Å². The van der Waals surface area contributed by atoms with Crippen molar-refractivity contribution in [2.24, 2.45) is 11.7 Å². The fourth-order valence-corrected chi connectivity index (χ4v) is 2.17. The van der Waals surface area contributed by atoms with Gasteiger partial charge in [-0.05, 0) is 30.5 Å². The van der Waals surface area contributed by atoms with Crippen LogP contribution in [-0.2, 0) is 0 Å². The lowest BCUT2D eigenvalue weighted by molar-refractivity contribution is 0.0272. The first-order chi connectivity index (χ1) is 8.33. The van der Waals surface area contributed by atoms with Crippen LogP contribution in [0.4, 0.5) is 0 Å². The van der Waals surface area contributed by atoms with Crippen LogP contribution in [0, 0.1) is 12.8 Å². The highest BCUT2D eigenvalue weighted by atomic mass is 16.3. The maximum Gasteiger partial charge on any atom is 0.257 e. The summed E-state index contributed by atoms with van der Waals surface area (Å²) in [5, 5.41) is 9.79. The minimum absolute atomic E-state index is 0.0408. The second kappa shape index (κ2) is 4.28. The average Bonchev–Trinajstić information content (AvgIpc) is 2.23. The number of aryl methyl sites for hydroxylation is 1. The standard InChI is InChI=1S/C14H20N2O2/c1-9(2)14(15)7-16(8-14)13(18)11-5-4-10(3)6-12(11)17/h4-6,9,17H,7-8,15H2,1-3H3. The zero-order valence-corrected chi connectivity index (χ0v) is 11.1. The number of nitrogens with zero attached hydrogens (tertiary/aromatic N) is 1. The molecule has 98 valence electrons. The SMILES string of the molecule is Cc1ccc(C(=O)N2CC(N)(C(C)C)C2)c(O)c1. The molecule has 3 N–H and O–H groups in total. The van der Waals surface area contributed by atoms with Crippen LogP contribution in [0.5, 0.6) is 5.75 Å². The average molecular weight is 248 g/mol. The number of amides is 1. The highest BCUT2D eigenvalue weighted by Crippen LogP contribution is 2.29. The molecule has 0 bridgehead atoms. The number of carbonyl (C=O) groups is 1. The van der Waals surface area contributed by atoms with Gasteiger partial charge in [-0.3, -0.25) is 4.79 Å². The number of likely N-dealkylation sites (tertiary alicyclic amines) is 1. The Morgan fingerprint density at radius 2 is 2.06 bits per heavy atom. The molecule has 1 aliphatic rings. The predicted octanol–water partition coefficient (Wildman–Crippen LogP) is 1.51. The van der Waals surface area contributed by atoms with Crippen LogP contribution in [0.3, 0.4) is 0 Å². The molecule has 1 amide bonds. The first kappa shape index (κ1) is 12.9. The lowest BCUT2D eigenvalue weighted by Crippen LogP contribution is -2.71. The zero-order valence-electron chi connectivity index (χ0n) is 11.1. The van der Waals surface area contributed by atoms with Crippen molar-refractivity contribution in [1.29, 1.82) is 0 Å². The molecule has 18 heavy (non-hydrogen) atoms. The molecule has 0 aromatic heterocycles. The summed E-state index contributed by atoms with van der Waals surface area (Å²) < 4.78 is 0. The summed E-state index contributed by atoms with van der Waals surface area (Å²) >= 11 is 0. The van der Waals surface area contributed by atoms with Crippen molar-refractivity contribution in [3.63, 3.8) is 0 Å². The van der Waals surface area contributed by atoms with Crippen molar-refractivity contribution < 1.29 is 9.90 Å². The number of benzene rings is 1. The van der Waals surface area contributed by atoms with Crippen molar-refractivity contribution in [2.45, 2.75) is 26.3 Å². The molecule has 0 atom stereocenters. The number of aromatic hydroxyl groups is 1. The molecule has 1 fully saturated rings. The van der Waals surface area contributed by atoms with E-state index in [-0.39, 0.29) is 17.2 Å². The molecule has 1 saturated heterocycles. The van der Waals surface area contributed by atoms with E-state index in [9.17, 15) is 9.90 Å². The van der Waals surface area contributed by atoms with E-state index < -0.39 is 0 Å². The van der Waals surface area contributed by atoms with Gasteiger partial charge in [0, 0.05) is 13.1 Å². The molecule has 1 aromatic carbocycles. The molecule has 4 heteroatoms. The normalized spacial score (nSPS) is 17.7. The Bertz CT molecular complexity index is 477. The molecule has 2 rings (SSSR count). The van der Waals surface area contributed by atoms with Gasteiger partial charge in [-0.25, -0.2) is 0 Å². The largest absolute Gasteiger partial charge is 0.507 e. The third kappa shape index (κ3) is 2.08. The molecule has 0 aliphatic carbocycles. The molecule has 0 unspecified atom stereocenters. The highest BCUT2D eigenvalue weighted by molar-refractivity contribution is 5.97. The minimum Gasteiger partial charge on any atom is -0.507 e. The van der Waals surface area contributed by atoms with Crippen LogP contribution in [0.15, 0.2) is 18.2 Å². The van der Waals surface area contributed by atoms with E-state index in [0.29, 0.717) is 24.6 Å². The second-order valence-electron chi connectivity index (χ2n) is 5.57. The number of hydrogen-bond acceptors (Lipinski definition) is 3. The lowest BCUT2D eigenvalue weighted by Gasteiger charge is -2.50. The summed E-state index contributed by atoms with van der Waals surface area (Å²) in [6, 6.07) is 5.09. The molecule has 0 spiro atoms. The Balaban J connectivity index is 2.11. The maximum atomic E-state index is 12.2. The van der Waals surface area contributed by atoms with Crippen molar-refractivity contribution in [3.05, 3.63) is 29.3 Å². The summed E-state index contributed by atoms with van der Waals surface area (Å²) in [5.41, 5.74) is 7.16. The number of nitrogens with two attached hydrogens (primary N) is 1. The molecule has 0 saturated carbocycles. The van der Waals surface area contributed by atoms with Crippen molar-refractivity contribution in [3.8, 4) is 5.75 Å². The van der Waals surface area contributed by atoms with Crippen LogP contribution >= 0.6 is 0 Å². The molecular weight excluding hydrogens is 228 g/mol. The first-order valence-corrected chi connectivity index (χ1v) is 6.21. The van der Waals surface area contributed by atoms with Crippen LogP contribution in [-0.4, -0.2) is 34.5 Å². The Hall–Kier alpha value is -1.55. The molecule has 1 heterocycles. The Morgan fingerprint density at radius 1 is 1.44 bits per heavy atom. The highest BCUT2D eigenvalue weighted by Gasteiger charge is 2.44. The Morgan fingerprint density at radius 3 is 2.56 bits per heavy atom. The first-order valence-electron chi connectivity index (χ1n) is 6.21. The van der Waals surface area contributed by atoms with Crippen molar-refractivity contribution in [1.82, 2.24) is 4.90 Å². The number of carbonyl (C=O) groups excluding carboxylic acids is 1. The summed E-state index contributed by atoms with van der Waals surface area (Å²) in [5.74, 6) is 0.237. The van der Waals surface area contributed by atoms with Crippen molar-refractivity contribution in [2.75, 3.05) is 13.1 Å². The fraction of sp³-hybridized carbons (Fsp3) is 0.500. The Kier molecular flexibility index (Phi) is 3.07. The van der Waals surface area contributed by atoms with Crippen LogP contribution in [0.1, 0.15) is 29.8 Å². The zero-order chi connectivity index (χ0) is 13.5. The summed E-state index contributed by atoms with van der Waals surface area (Å²) in [4.78, 5) is 13.9. The van der Waals surface area contributed by atoms with Gasteiger partial charge in [-0.1, -0.05) is 19.9 Å². The fourth-order valence-electron chi connectivity index (χ4n) is 2.17. The van der Waals surface area contributed by atoms with Gasteiger partial charge in [-0.15, -0.1) is 0 Å². The molecule has 1 aromatic rings. The van der Waals surface area contributed by atoms with Gasteiger partial charge in [0.25, 0.3) is 5.91 Å². The number of phenols is 1. The molecular formula is C14H20N2O2. The van der Waals surface area contributed by atoms with E-state index >= 15 is 0 Å². The van der Waals surface area contributed by atoms with Gasteiger partial charge >= 0.3 is 0 Å². The minimum atomic E-state index is -0.282. The summed E-state index contributed by atoms with van der Waals surface area (Å²) in [6.07, 6.45) is 0. The number of rotatable bonds is 2.